The van der Waals surface area contributed by atoms with Crippen molar-refractivity contribution in [1.29, 1.82) is 0 Å². The number of likely N-dealkylation sites (tertiary alicyclic amines) is 1. The lowest BCUT2D eigenvalue weighted by molar-refractivity contribution is -0.139. The maximum absolute atomic E-state index is 13.2. The highest BCUT2D eigenvalue weighted by atomic mass is 16.2. The number of carbonyl (C=O) groups excluding carboxylic acids is 2. The van der Waals surface area contributed by atoms with E-state index in [1.54, 1.807) is 6.07 Å². The minimum Gasteiger partial charge on any atom is -0.353 e. The summed E-state index contributed by atoms with van der Waals surface area (Å²) in [6.45, 7) is 6.49. The highest BCUT2D eigenvalue weighted by Crippen LogP contribution is 2.36. The molecule has 2 fully saturated rings. The second-order valence-corrected chi connectivity index (χ2v) is 9.99. The van der Waals surface area contributed by atoms with E-state index in [-0.39, 0.29) is 35.3 Å². The predicted octanol–water partition coefficient (Wildman–Crippen LogP) is 2.91. The average Bonchev–Trinajstić information content (AvgIpc) is 2.73. The Bertz CT molecular complexity index is 838. The van der Waals surface area contributed by atoms with Crippen LogP contribution in [0, 0.1) is 17.8 Å². The molecule has 1 aromatic heterocycles. The first-order chi connectivity index (χ1) is 14.4. The minimum absolute atomic E-state index is 0.0746. The second-order valence-electron chi connectivity index (χ2n) is 9.99. The molecule has 2 aliphatic heterocycles. The smallest absolute Gasteiger partial charge is 0.250 e. The van der Waals surface area contributed by atoms with Gasteiger partial charge in [0.05, 0.1) is 0 Å². The monoisotopic (exact) mass is 413 g/mol. The van der Waals surface area contributed by atoms with Crippen LogP contribution in [0.5, 0.6) is 0 Å². The van der Waals surface area contributed by atoms with E-state index in [1.807, 2.05) is 16.7 Å². The van der Waals surface area contributed by atoms with E-state index in [0.29, 0.717) is 18.3 Å². The zero-order valence-corrected chi connectivity index (χ0v) is 18.3. The van der Waals surface area contributed by atoms with Gasteiger partial charge in [-0.05, 0) is 56.4 Å². The first-order valence-corrected chi connectivity index (χ1v) is 11.7. The molecule has 164 valence electrons. The Labute approximate surface area is 179 Å². The SMILES string of the molecule is CC(C)CCC(=O)NC1CCC(C(=O)N2C[C@@H]3C[C@H](C2)c2cccc(=O)n2C3)CC1. The standard InChI is InChI=1S/C24H35N3O3/c1-16(2)6-11-22(28)25-20-9-7-18(8-10-20)24(30)26-13-17-12-19(15-26)21-4-3-5-23(29)27(21)14-17/h3-5,16-20H,6-15H2,1-2H3,(H,25,28)/t17-,18?,19+,20?/m0/s1. The fourth-order valence-corrected chi connectivity index (χ4v) is 5.54. The zero-order chi connectivity index (χ0) is 21.3. The molecule has 0 spiro atoms. The lowest BCUT2D eigenvalue weighted by Gasteiger charge is -2.44. The summed E-state index contributed by atoms with van der Waals surface area (Å²) in [5.41, 5.74) is 1.17. The molecule has 0 radical (unpaired) electrons. The Hall–Kier alpha value is -2.11. The number of nitrogens with one attached hydrogen (secondary N) is 1. The Morgan fingerprint density at radius 2 is 1.87 bits per heavy atom. The number of nitrogens with zero attached hydrogens (tertiary/aromatic N) is 2. The first-order valence-electron chi connectivity index (χ1n) is 11.7. The normalized spacial score (nSPS) is 28.2. The number of rotatable bonds is 5. The quantitative estimate of drug-likeness (QED) is 0.807. The maximum Gasteiger partial charge on any atom is 0.250 e. The predicted molar refractivity (Wildman–Crippen MR) is 116 cm³/mol. The fraction of sp³-hybridized carbons (Fsp3) is 0.708. The van der Waals surface area contributed by atoms with Gasteiger partial charge in [-0.3, -0.25) is 14.4 Å². The van der Waals surface area contributed by atoms with Crippen LogP contribution in [0.3, 0.4) is 0 Å². The molecule has 0 aromatic carbocycles. The van der Waals surface area contributed by atoms with Gasteiger partial charge in [0.25, 0.3) is 5.56 Å². The molecule has 1 aromatic rings. The van der Waals surface area contributed by atoms with E-state index in [1.165, 1.54) is 0 Å². The van der Waals surface area contributed by atoms with Crippen LogP contribution < -0.4 is 10.9 Å². The number of hydrogen-bond donors (Lipinski definition) is 1. The third-order valence-electron chi connectivity index (χ3n) is 7.18. The van der Waals surface area contributed by atoms with Gasteiger partial charge in [0.2, 0.25) is 11.8 Å². The van der Waals surface area contributed by atoms with Gasteiger partial charge < -0.3 is 14.8 Å². The van der Waals surface area contributed by atoms with Crippen LogP contribution in [0.1, 0.15) is 70.4 Å². The molecule has 0 unspecified atom stereocenters. The van der Waals surface area contributed by atoms with E-state index in [2.05, 4.69) is 24.1 Å². The Morgan fingerprint density at radius 1 is 1.10 bits per heavy atom. The Balaban J connectivity index is 1.30. The van der Waals surface area contributed by atoms with Crippen molar-refractivity contribution in [1.82, 2.24) is 14.8 Å². The van der Waals surface area contributed by atoms with E-state index < -0.39 is 0 Å². The third-order valence-corrected chi connectivity index (χ3v) is 7.18. The number of piperidine rings is 1. The number of amides is 2. The Kier molecular flexibility index (Phi) is 6.30. The van der Waals surface area contributed by atoms with E-state index in [0.717, 1.165) is 63.9 Å². The number of hydrogen-bond acceptors (Lipinski definition) is 3. The molecule has 3 heterocycles. The third kappa shape index (κ3) is 4.62. The highest BCUT2D eigenvalue weighted by molar-refractivity contribution is 5.79. The van der Waals surface area contributed by atoms with Crippen molar-refractivity contribution in [2.24, 2.45) is 17.8 Å². The summed E-state index contributed by atoms with van der Waals surface area (Å²) in [6, 6.07) is 5.73. The topological polar surface area (TPSA) is 71.4 Å². The summed E-state index contributed by atoms with van der Waals surface area (Å²) in [6.07, 6.45) is 6.09. The van der Waals surface area contributed by atoms with Crippen molar-refractivity contribution in [2.75, 3.05) is 13.1 Å². The van der Waals surface area contributed by atoms with Gasteiger partial charge in [-0.2, -0.15) is 0 Å². The summed E-state index contributed by atoms with van der Waals surface area (Å²) in [7, 11) is 0. The maximum atomic E-state index is 13.2. The van der Waals surface area contributed by atoms with Crippen molar-refractivity contribution in [3.63, 3.8) is 0 Å². The van der Waals surface area contributed by atoms with Crippen LogP contribution in [0.2, 0.25) is 0 Å². The molecular weight excluding hydrogens is 378 g/mol. The molecule has 6 heteroatoms. The van der Waals surface area contributed by atoms with Crippen LogP contribution in [-0.2, 0) is 16.1 Å². The van der Waals surface area contributed by atoms with E-state index in [9.17, 15) is 14.4 Å². The fourth-order valence-electron chi connectivity index (χ4n) is 5.54. The summed E-state index contributed by atoms with van der Waals surface area (Å²) in [4.78, 5) is 39.6. The van der Waals surface area contributed by atoms with Gasteiger partial charge in [-0.15, -0.1) is 0 Å². The molecule has 4 rings (SSSR count). The number of aromatic nitrogens is 1. The molecule has 2 bridgehead atoms. The first kappa shape index (κ1) is 21.1. The average molecular weight is 414 g/mol. The van der Waals surface area contributed by atoms with Gasteiger partial charge in [-0.25, -0.2) is 0 Å². The summed E-state index contributed by atoms with van der Waals surface area (Å²) >= 11 is 0. The van der Waals surface area contributed by atoms with Gasteiger partial charge in [-0.1, -0.05) is 19.9 Å². The molecule has 3 aliphatic rings. The summed E-state index contributed by atoms with van der Waals surface area (Å²) in [5.74, 6) is 1.69. The number of fused-ring (bicyclic) bond motifs is 4. The van der Waals surface area contributed by atoms with Crippen LogP contribution >= 0.6 is 0 Å². The molecule has 1 N–H and O–H groups in total. The molecular formula is C24H35N3O3. The number of pyridine rings is 1. The lowest BCUT2D eigenvalue weighted by Crippen LogP contribution is -2.51. The molecule has 2 atom stereocenters. The van der Waals surface area contributed by atoms with Gasteiger partial charge in [0, 0.05) is 55.7 Å². The summed E-state index contributed by atoms with van der Waals surface area (Å²) in [5, 5.41) is 3.17. The largest absolute Gasteiger partial charge is 0.353 e. The molecule has 30 heavy (non-hydrogen) atoms. The van der Waals surface area contributed by atoms with Crippen molar-refractivity contribution < 1.29 is 9.59 Å². The van der Waals surface area contributed by atoms with Gasteiger partial charge >= 0.3 is 0 Å². The van der Waals surface area contributed by atoms with Crippen LogP contribution in [0.25, 0.3) is 0 Å². The second kappa shape index (κ2) is 8.94. The van der Waals surface area contributed by atoms with Gasteiger partial charge in [0.15, 0.2) is 0 Å². The lowest BCUT2D eigenvalue weighted by atomic mass is 9.81. The van der Waals surface area contributed by atoms with Crippen LogP contribution in [-0.4, -0.2) is 40.4 Å². The number of carbonyl (C=O) groups is 2. The van der Waals surface area contributed by atoms with Gasteiger partial charge in [0.1, 0.15) is 0 Å². The van der Waals surface area contributed by atoms with Crippen LogP contribution in [0.15, 0.2) is 23.0 Å². The highest BCUT2D eigenvalue weighted by Gasteiger charge is 2.38. The van der Waals surface area contributed by atoms with E-state index >= 15 is 0 Å². The molecule has 1 saturated heterocycles. The Morgan fingerprint density at radius 3 is 2.60 bits per heavy atom. The van der Waals surface area contributed by atoms with Crippen molar-refractivity contribution in [2.45, 2.75) is 77.3 Å². The van der Waals surface area contributed by atoms with Crippen molar-refractivity contribution in [3.8, 4) is 0 Å². The van der Waals surface area contributed by atoms with Crippen LogP contribution in [0.4, 0.5) is 0 Å². The minimum atomic E-state index is 0.0746. The van der Waals surface area contributed by atoms with Crippen molar-refractivity contribution in [3.05, 3.63) is 34.2 Å². The van der Waals surface area contributed by atoms with E-state index in [4.69, 9.17) is 0 Å². The zero-order valence-electron chi connectivity index (χ0n) is 18.3. The molecule has 1 saturated carbocycles. The summed E-state index contributed by atoms with van der Waals surface area (Å²) < 4.78 is 1.91. The van der Waals surface area contributed by atoms with Crippen molar-refractivity contribution >= 4 is 11.8 Å². The molecule has 1 aliphatic carbocycles. The molecule has 2 amide bonds. The molecule has 6 nitrogen and oxygen atoms in total.